The Kier molecular flexibility index (Phi) is 4.14. The molecule has 3 aromatic rings. The van der Waals surface area contributed by atoms with Crippen molar-refractivity contribution in [3.63, 3.8) is 0 Å². The fraction of sp³-hybridized carbons (Fsp3) is 0.389. The van der Waals surface area contributed by atoms with E-state index in [-0.39, 0.29) is 23.6 Å². The van der Waals surface area contributed by atoms with E-state index in [9.17, 15) is 13.6 Å². The largest absolute Gasteiger partial charge is 0.348 e. The molecule has 4 rings (SSSR count). The Labute approximate surface area is 158 Å². The van der Waals surface area contributed by atoms with Crippen LogP contribution in [0.3, 0.4) is 0 Å². The predicted octanol–water partition coefficient (Wildman–Crippen LogP) is 3.58. The minimum atomic E-state index is -0.744. The van der Waals surface area contributed by atoms with E-state index >= 15 is 0 Å². The van der Waals surface area contributed by atoms with Crippen LogP contribution in [0.4, 0.5) is 19.6 Å². The molecule has 9 heteroatoms. The lowest BCUT2D eigenvalue weighted by molar-refractivity contribution is -0.117. The first-order chi connectivity index (χ1) is 12.7. The normalized spacial score (nSPS) is 17.9. The number of carbonyl (C=O) groups excluding carboxylic acids is 1. The number of fused-ring (bicyclic) bond motifs is 1. The summed E-state index contributed by atoms with van der Waals surface area (Å²) in [5.74, 6) is -1.86. The number of carbonyl (C=O) groups is 1. The molecule has 1 N–H and O–H groups in total. The van der Waals surface area contributed by atoms with E-state index in [2.05, 4.69) is 36.2 Å². The lowest BCUT2D eigenvalue weighted by Crippen LogP contribution is -2.34. The van der Waals surface area contributed by atoms with Crippen LogP contribution in [-0.2, 0) is 10.2 Å². The molecule has 0 aliphatic carbocycles. The highest BCUT2D eigenvalue weighted by atomic mass is 32.1. The van der Waals surface area contributed by atoms with Gasteiger partial charge in [0.05, 0.1) is 11.9 Å². The number of benzene rings is 1. The molecule has 1 unspecified atom stereocenters. The highest BCUT2D eigenvalue weighted by Gasteiger charge is 2.36. The number of rotatable bonds is 3. The smallest absolute Gasteiger partial charge is 0.249 e. The first-order valence-corrected chi connectivity index (χ1v) is 9.44. The van der Waals surface area contributed by atoms with Gasteiger partial charge in [0.1, 0.15) is 23.4 Å². The van der Waals surface area contributed by atoms with Gasteiger partial charge in [-0.2, -0.15) is 0 Å². The van der Waals surface area contributed by atoms with E-state index in [1.807, 2.05) is 6.20 Å². The molecule has 3 heterocycles. The van der Waals surface area contributed by atoms with Crippen LogP contribution >= 0.6 is 11.3 Å². The minimum absolute atomic E-state index is 0.0766. The summed E-state index contributed by atoms with van der Waals surface area (Å²) in [6, 6.07) is 2.99. The molecule has 0 spiro atoms. The van der Waals surface area contributed by atoms with Gasteiger partial charge in [-0.05, 0) is 18.6 Å². The van der Waals surface area contributed by atoms with Gasteiger partial charge in [0.2, 0.25) is 16.0 Å². The van der Waals surface area contributed by atoms with E-state index in [4.69, 9.17) is 0 Å². The quantitative estimate of drug-likeness (QED) is 0.741. The van der Waals surface area contributed by atoms with Crippen LogP contribution in [-0.4, -0.2) is 33.1 Å². The number of hydrogen-bond donors (Lipinski definition) is 1. The summed E-state index contributed by atoms with van der Waals surface area (Å²) in [5.41, 5.74) is 0.564. The van der Waals surface area contributed by atoms with Gasteiger partial charge in [0.25, 0.3) is 0 Å². The molecule has 1 atom stereocenters. The van der Waals surface area contributed by atoms with Gasteiger partial charge in [-0.3, -0.25) is 4.79 Å². The number of para-hydroxylation sites is 1. The van der Waals surface area contributed by atoms with Crippen LogP contribution in [0, 0.1) is 11.6 Å². The standard InChI is InChI=1S/C18H19F2N5OS/c1-18(2,3)13-9-25-17(22-13)27-16(23-25)21-12-7-8-24(15(12)26)14-10(19)5-4-6-11(14)20/h4-6,9,12H,7-8H2,1-3H3,(H,21,23). The second kappa shape index (κ2) is 6.26. The summed E-state index contributed by atoms with van der Waals surface area (Å²) in [5, 5.41) is 8.04. The van der Waals surface area contributed by atoms with Crippen molar-refractivity contribution in [3.05, 3.63) is 41.7 Å². The fourth-order valence-electron chi connectivity index (χ4n) is 3.05. The molecule has 142 valence electrons. The monoisotopic (exact) mass is 391 g/mol. The molecular weight excluding hydrogens is 372 g/mol. The molecule has 0 bridgehead atoms. The first-order valence-electron chi connectivity index (χ1n) is 8.62. The van der Waals surface area contributed by atoms with Gasteiger partial charge in [-0.1, -0.05) is 38.2 Å². The molecule has 1 saturated heterocycles. The lowest BCUT2D eigenvalue weighted by atomic mass is 9.93. The van der Waals surface area contributed by atoms with E-state index in [0.29, 0.717) is 11.6 Å². The van der Waals surface area contributed by atoms with E-state index in [1.165, 1.54) is 17.4 Å². The van der Waals surface area contributed by atoms with Crippen molar-refractivity contribution in [2.75, 3.05) is 16.8 Å². The van der Waals surface area contributed by atoms with Crippen LogP contribution in [0.1, 0.15) is 32.9 Å². The number of halogens is 2. The van der Waals surface area contributed by atoms with Crippen LogP contribution in [0.2, 0.25) is 0 Å². The molecule has 1 fully saturated rings. The Morgan fingerprint density at radius 2 is 1.96 bits per heavy atom. The Morgan fingerprint density at radius 1 is 1.26 bits per heavy atom. The number of nitrogens with zero attached hydrogens (tertiary/aromatic N) is 4. The SMILES string of the molecule is CC(C)(C)c1cn2nc(NC3CCN(c4c(F)cccc4F)C3=O)sc2n1. The van der Waals surface area contributed by atoms with Gasteiger partial charge in [0.15, 0.2) is 0 Å². The molecule has 1 aliphatic heterocycles. The third-order valence-electron chi connectivity index (χ3n) is 4.52. The van der Waals surface area contributed by atoms with Gasteiger partial charge in [-0.15, -0.1) is 5.10 Å². The van der Waals surface area contributed by atoms with E-state index in [1.54, 1.807) is 4.52 Å². The van der Waals surface area contributed by atoms with Crippen molar-refractivity contribution in [1.29, 1.82) is 0 Å². The maximum absolute atomic E-state index is 14.0. The summed E-state index contributed by atoms with van der Waals surface area (Å²) < 4.78 is 29.7. The zero-order valence-electron chi connectivity index (χ0n) is 15.2. The summed E-state index contributed by atoms with van der Waals surface area (Å²) in [7, 11) is 0. The van der Waals surface area contributed by atoms with Gasteiger partial charge >= 0.3 is 0 Å². The molecular formula is C18H19F2N5OS. The third kappa shape index (κ3) is 3.16. The van der Waals surface area contributed by atoms with Gasteiger partial charge < -0.3 is 10.2 Å². The number of imidazole rings is 1. The Bertz CT molecular complexity index is 971. The third-order valence-corrected chi connectivity index (χ3v) is 5.38. The Hall–Kier alpha value is -2.55. The van der Waals surface area contributed by atoms with Crippen LogP contribution in [0.5, 0.6) is 0 Å². The van der Waals surface area contributed by atoms with Crippen LogP contribution in [0.15, 0.2) is 24.4 Å². The number of anilines is 2. The van der Waals surface area contributed by atoms with Crippen LogP contribution < -0.4 is 10.2 Å². The highest BCUT2D eigenvalue weighted by Crippen LogP contribution is 2.30. The molecule has 1 aliphatic rings. The highest BCUT2D eigenvalue weighted by molar-refractivity contribution is 7.20. The zero-order valence-corrected chi connectivity index (χ0v) is 16.0. The van der Waals surface area contributed by atoms with Crippen molar-refractivity contribution in [3.8, 4) is 0 Å². The second-order valence-electron chi connectivity index (χ2n) is 7.56. The predicted molar refractivity (Wildman–Crippen MR) is 100 cm³/mol. The average Bonchev–Trinajstić information content (AvgIpc) is 3.22. The number of aromatic nitrogens is 3. The Balaban J connectivity index is 1.53. The van der Waals surface area contributed by atoms with Gasteiger partial charge in [0, 0.05) is 12.0 Å². The van der Waals surface area contributed by atoms with E-state index in [0.717, 1.165) is 27.7 Å². The number of hydrogen-bond acceptors (Lipinski definition) is 5. The van der Waals surface area contributed by atoms with Crippen molar-refractivity contribution >= 4 is 33.0 Å². The van der Waals surface area contributed by atoms with Gasteiger partial charge in [-0.25, -0.2) is 18.3 Å². The topological polar surface area (TPSA) is 62.5 Å². The number of nitrogens with one attached hydrogen (secondary N) is 1. The minimum Gasteiger partial charge on any atom is -0.348 e. The van der Waals surface area contributed by atoms with Crippen molar-refractivity contribution < 1.29 is 13.6 Å². The lowest BCUT2D eigenvalue weighted by Gasteiger charge is -2.18. The fourth-order valence-corrected chi connectivity index (χ4v) is 3.89. The summed E-state index contributed by atoms with van der Waals surface area (Å²) in [6.45, 7) is 6.47. The molecule has 6 nitrogen and oxygen atoms in total. The van der Waals surface area contributed by atoms with E-state index < -0.39 is 17.7 Å². The molecule has 1 aromatic carbocycles. The first kappa shape index (κ1) is 17.8. The Morgan fingerprint density at radius 3 is 2.59 bits per heavy atom. The molecule has 0 saturated carbocycles. The van der Waals surface area contributed by atoms with Crippen molar-refractivity contribution in [2.24, 2.45) is 0 Å². The maximum atomic E-state index is 14.0. The second-order valence-corrected chi connectivity index (χ2v) is 8.51. The van der Waals surface area contributed by atoms with Crippen molar-refractivity contribution in [2.45, 2.75) is 38.6 Å². The number of amides is 1. The zero-order chi connectivity index (χ0) is 19.3. The summed E-state index contributed by atoms with van der Waals surface area (Å²) in [6.07, 6.45) is 2.30. The summed E-state index contributed by atoms with van der Waals surface area (Å²) in [4.78, 5) is 19.1. The van der Waals surface area contributed by atoms with Crippen LogP contribution in [0.25, 0.3) is 4.96 Å². The molecule has 0 radical (unpaired) electrons. The molecule has 2 aromatic heterocycles. The molecule has 1 amide bonds. The maximum Gasteiger partial charge on any atom is 0.249 e. The summed E-state index contributed by atoms with van der Waals surface area (Å²) >= 11 is 1.34. The molecule has 27 heavy (non-hydrogen) atoms. The average molecular weight is 391 g/mol. The van der Waals surface area contributed by atoms with Crippen molar-refractivity contribution in [1.82, 2.24) is 14.6 Å².